The Labute approximate surface area is 180 Å². The second kappa shape index (κ2) is 14.0. The summed E-state index contributed by atoms with van der Waals surface area (Å²) in [5, 5.41) is 0.553. The molecule has 1 aromatic carbocycles. The van der Waals surface area contributed by atoms with Gasteiger partial charge < -0.3 is 9.15 Å². The molecule has 30 heavy (non-hydrogen) atoms. The molecule has 0 spiro atoms. The summed E-state index contributed by atoms with van der Waals surface area (Å²) in [4.78, 5) is 12.4. The van der Waals surface area contributed by atoms with Crippen molar-refractivity contribution in [2.45, 2.75) is 90.9 Å². The normalized spacial score (nSPS) is 11.6. The van der Waals surface area contributed by atoms with Gasteiger partial charge in [-0.2, -0.15) is 0 Å². The molecule has 0 aliphatic carbocycles. The molecule has 0 amide bonds. The van der Waals surface area contributed by atoms with E-state index in [1.807, 2.05) is 19.1 Å². The van der Waals surface area contributed by atoms with Gasteiger partial charge in [0.2, 0.25) is 0 Å². The molecule has 1 heterocycles. The van der Waals surface area contributed by atoms with Gasteiger partial charge in [-0.25, -0.2) is 9.18 Å². The van der Waals surface area contributed by atoms with E-state index in [1.165, 1.54) is 51.4 Å². The van der Waals surface area contributed by atoms with E-state index < -0.39 is 11.4 Å². The lowest BCUT2D eigenvalue weighted by atomic mass is 10.0. The van der Waals surface area contributed by atoms with Crippen LogP contribution in [0.2, 0.25) is 0 Å². The van der Waals surface area contributed by atoms with Crippen molar-refractivity contribution in [3.05, 3.63) is 52.3 Å². The van der Waals surface area contributed by atoms with E-state index in [2.05, 4.69) is 6.92 Å². The molecule has 0 aliphatic heterocycles. The molecule has 166 valence electrons. The second-order valence-electron chi connectivity index (χ2n) is 7.98. The molecule has 2 rings (SSSR count). The van der Waals surface area contributed by atoms with E-state index >= 15 is 0 Å². The maximum Gasteiger partial charge on any atom is 0.346 e. The summed E-state index contributed by atoms with van der Waals surface area (Å²) in [7, 11) is 0. The lowest BCUT2D eigenvalue weighted by molar-refractivity contribution is 0.309. The van der Waals surface area contributed by atoms with Gasteiger partial charge in [-0.15, -0.1) is 0 Å². The Morgan fingerprint density at radius 3 is 2.33 bits per heavy atom. The van der Waals surface area contributed by atoms with Crippen molar-refractivity contribution < 1.29 is 13.5 Å². The first-order valence-electron chi connectivity index (χ1n) is 11.7. The Kier molecular flexibility index (Phi) is 11.3. The average Bonchev–Trinajstić information content (AvgIpc) is 2.73. The Hall–Kier alpha value is -2.10. The van der Waals surface area contributed by atoms with Crippen LogP contribution in [0.1, 0.15) is 90.2 Å². The lowest BCUT2D eigenvalue weighted by Gasteiger charge is -2.08. The number of aryl methyl sites for hydroxylation is 1. The zero-order valence-electron chi connectivity index (χ0n) is 18.7. The molecule has 1 aromatic heterocycles. The largest absolute Gasteiger partial charge is 0.490 e. The zero-order chi connectivity index (χ0) is 21.6. The van der Waals surface area contributed by atoms with E-state index in [0.717, 1.165) is 12.8 Å². The van der Waals surface area contributed by atoms with Gasteiger partial charge in [0.15, 0.2) is 11.6 Å². The second-order valence-corrected chi connectivity index (χ2v) is 7.98. The van der Waals surface area contributed by atoms with Crippen molar-refractivity contribution >= 4 is 10.8 Å². The van der Waals surface area contributed by atoms with Crippen LogP contribution in [0, 0.1) is 5.82 Å². The zero-order valence-corrected chi connectivity index (χ0v) is 18.7. The number of allylic oxidation sites excluding steroid dienone is 1. The quantitative estimate of drug-likeness (QED) is 0.220. The van der Waals surface area contributed by atoms with Crippen LogP contribution in [0.5, 0.6) is 5.75 Å². The summed E-state index contributed by atoms with van der Waals surface area (Å²) < 4.78 is 25.5. The Morgan fingerprint density at radius 1 is 1.00 bits per heavy atom. The van der Waals surface area contributed by atoms with Crippen LogP contribution in [0.15, 0.2) is 39.6 Å². The first-order chi connectivity index (χ1) is 14.7. The Morgan fingerprint density at radius 2 is 1.67 bits per heavy atom. The van der Waals surface area contributed by atoms with Crippen molar-refractivity contribution in [2.24, 2.45) is 0 Å². The molecule has 0 aliphatic rings. The maximum atomic E-state index is 14.7. The fourth-order valence-corrected chi connectivity index (χ4v) is 3.70. The Bertz CT molecular complexity index is 838. The highest BCUT2D eigenvalue weighted by atomic mass is 19.1. The molecule has 3 nitrogen and oxygen atoms in total. The lowest BCUT2D eigenvalue weighted by Crippen LogP contribution is -2.07. The smallest absolute Gasteiger partial charge is 0.346 e. The summed E-state index contributed by atoms with van der Waals surface area (Å²) >= 11 is 0. The van der Waals surface area contributed by atoms with Crippen LogP contribution < -0.4 is 10.4 Å². The standard InChI is InChI=1S/C26H37FO3/c1-3-5-7-8-9-10-11-12-13-14-16-22-20-21-17-18-23(29-19-15-6-4-2)25(27)24(21)26(28)30-22/h4,6,17-18,20H,3,5,7-16,19H2,1-2H3/b6-4+. The predicted molar refractivity (Wildman–Crippen MR) is 123 cm³/mol. The number of rotatable bonds is 15. The van der Waals surface area contributed by atoms with Crippen molar-refractivity contribution in [3.63, 3.8) is 0 Å². The predicted octanol–water partition coefficient (Wildman–Crippen LogP) is 7.74. The number of hydrogen-bond acceptors (Lipinski definition) is 3. The number of halogens is 1. The number of benzene rings is 1. The van der Waals surface area contributed by atoms with Crippen LogP contribution in [0.4, 0.5) is 4.39 Å². The van der Waals surface area contributed by atoms with Gasteiger partial charge in [-0.3, -0.25) is 0 Å². The van der Waals surface area contributed by atoms with E-state index in [0.29, 0.717) is 30.6 Å². The van der Waals surface area contributed by atoms with Gasteiger partial charge >= 0.3 is 5.63 Å². The molecule has 0 bridgehead atoms. The number of unbranched alkanes of at least 4 members (excludes halogenated alkanes) is 9. The summed E-state index contributed by atoms with van der Waals surface area (Å²) in [5.41, 5.74) is -0.619. The third-order valence-corrected chi connectivity index (χ3v) is 5.44. The molecular weight excluding hydrogens is 379 g/mol. The van der Waals surface area contributed by atoms with Gasteiger partial charge in [0, 0.05) is 6.42 Å². The van der Waals surface area contributed by atoms with Gasteiger partial charge in [0.25, 0.3) is 0 Å². The monoisotopic (exact) mass is 416 g/mol. The molecule has 0 fully saturated rings. The highest BCUT2D eigenvalue weighted by Crippen LogP contribution is 2.25. The van der Waals surface area contributed by atoms with Crippen molar-refractivity contribution in [2.75, 3.05) is 6.61 Å². The maximum absolute atomic E-state index is 14.7. The topological polar surface area (TPSA) is 39.4 Å². The van der Waals surface area contributed by atoms with Gasteiger partial charge in [-0.1, -0.05) is 82.9 Å². The first-order valence-corrected chi connectivity index (χ1v) is 11.7. The van der Waals surface area contributed by atoms with Crippen LogP contribution in [-0.2, 0) is 6.42 Å². The molecule has 0 radical (unpaired) electrons. The minimum Gasteiger partial charge on any atom is -0.490 e. The minimum absolute atomic E-state index is 0.0228. The SMILES string of the molecule is C/C=C/CCOc1ccc2cc(CCCCCCCCCCCC)oc(=O)c2c1F. The first kappa shape index (κ1) is 24.2. The van der Waals surface area contributed by atoms with Crippen LogP contribution in [-0.4, -0.2) is 6.61 Å². The summed E-state index contributed by atoms with van der Waals surface area (Å²) in [5.74, 6) is 0.0992. The number of hydrogen-bond donors (Lipinski definition) is 0. The van der Waals surface area contributed by atoms with Gasteiger partial charge in [0.05, 0.1) is 6.61 Å². The summed E-state index contributed by atoms with van der Waals surface area (Å²) in [6, 6.07) is 5.12. The van der Waals surface area contributed by atoms with Crippen molar-refractivity contribution in [1.29, 1.82) is 0 Å². The van der Waals surface area contributed by atoms with Gasteiger partial charge in [0.1, 0.15) is 11.1 Å². The fourth-order valence-electron chi connectivity index (χ4n) is 3.70. The minimum atomic E-state index is -0.632. The van der Waals surface area contributed by atoms with E-state index in [9.17, 15) is 9.18 Å². The molecule has 0 atom stereocenters. The van der Waals surface area contributed by atoms with Crippen molar-refractivity contribution in [1.82, 2.24) is 0 Å². The number of ether oxygens (including phenoxy) is 1. The summed E-state index contributed by atoms with van der Waals surface area (Å²) in [6.07, 6.45) is 17.9. The molecule has 0 N–H and O–H groups in total. The highest BCUT2D eigenvalue weighted by Gasteiger charge is 2.14. The van der Waals surface area contributed by atoms with Crippen LogP contribution >= 0.6 is 0 Å². The van der Waals surface area contributed by atoms with Crippen LogP contribution in [0.3, 0.4) is 0 Å². The molecule has 4 heteroatoms. The third-order valence-electron chi connectivity index (χ3n) is 5.44. The molecule has 2 aromatic rings. The molecule has 0 saturated carbocycles. The molecule has 0 saturated heterocycles. The number of fused-ring (bicyclic) bond motifs is 1. The van der Waals surface area contributed by atoms with Crippen LogP contribution in [0.25, 0.3) is 10.8 Å². The van der Waals surface area contributed by atoms with E-state index in [1.54, 1.807) is 18.2 Å². The highest BCUT2D eigenvalue weighted by molar-refractivity contribution is 5.83. The third kappa shape index (κ3) is 7.97. The van der Waals surface area contributed by atoms with E-state index in [-0.39, 0.29) is 11.1 Å². The van der Waals surface area contributed by atoms with E-state index in [4.69, 9.17) is 9.15 Å². The summed E-state index contributed by atoms with van der Waals surface area (Å²) in [6.45, 7) is 4.54. The fraction of sp³-hybridized carbons (Fsp3) is 0.577. The average molecular weight is 417 g/mol. The van der Waals surface area contributed by atoms with Crippen molar-refractivity contribution in [3.8, 4) is 5.75 Å². The Balaban J connectivity index is 1.81. The molecule has 0 unspecified atom stereocenters. The van der Waals surface area contributed by atoms with Gasteiger partial charge in [-0.05, 0) is 37.3 Å². The molecular formula is C26H37FO3.